The fourth-order valence-corrected chi connectivity index (χ4v) is 4.85. The van der Waals surface area contributed by atoms with Gasteiger partial charge in [-0.25, -0.2) is 4.98 Å². The minimum atomic E-state index is 0.534. The summed E-state index contributed by atoms with van der Waals surface area (Å²) in [4.78, 5) is 5.08. The molecule has 0 saturated carbocycles. The Morgan fingerprint density at radius 1 is 0.767 bits per heavy atom. The van der Waals surface area contributed by atoms with E-state index in [1.807, 2.05) is 18.2 Å². The molecule has 0 amide bonds. The summed E-state index contributed by atoms with van der Waals surface area (Å²) in [6, 6.07) is 23.1. The molecule has 0 bridgehead atoms. The van der Waals surface area contributed by atoms with Gasteiger partial charge < -0.3 is 4.74 Å². The van der Waals surface area contributed by atoms with Crippen molar-refractivity contribution < 1.29 is 4.74 Å². The SMILES string of the molecule is Clc1ccc(-c2nc3ccc4cc5ccccc5cc4c3c3c2COCC3)cc1Cl. The molecule has 0 unspecified atom stereocenters. The molecule has 1 aliphatic heterocycles. The molecule has 4 heteroatoms. The van der Waals surface area contributed by atoms with Crippen molar-refractivity contribution in [2.75, 3.05) is 6.61 Å². The van der Waals surface area contributed by atoms with E-state index in [1.54, 1.807) is 0 Å². The van der Waals surface area contributed by atoms with Gasteiger partial charge in [0.25, 0.3) is 0 Å². The number of rotatable bonds is 1. The normalized spacial score (nSPS) is 13.8. The van der Waals surface area contributed by atoms with Gasteiger partial charge in [0.1, 0.15) is 0 Å². The van der Waals surface area contributed by atoms with Gasteiger partial charge in [-0.05, 0) is 63.9 Å². The average Bonchev–Trinajstić information content (AvgIpc) is 2.78. The van der Waals surface area contributed by atoms with Crippen molar-refractivity contribution in [3.63, 3.8) is 0 Å². The highest BCUT2D eigenvalue weighted by molar-refractivity contribution is 6.42. The van der Waals surface area contributed by atoms with Gasteiger partial charge in [-0.15, -0.1) is 0 Å². The van der Waals surface area contributed by atoms with Gasteiger partial charge in [0.05, 0.1) is 34.5 Å². The van der Waals surface area contributed by atoms with Crippen LogP contribution in [-0.4, -0.2) is 11.6 Å². The molecule has 146 valence electrons. The molecule has 30 heavy (non-hydrogen) atoms. The van der Waals surface area contributed by atoms with Crippen molar-refractivity contribution in [1.82, 2.24) is 4.98 Å². The van der Waals surface area contributed by atoms with Crippen LogP contribution in [0.4, 0.5) is 0 Å². The van der Waals surface area contributed by atoms with Crippen molar-refractivity contribution in [1.29, 1.82) is 0 Å². The van der Waals surface area contributed by atoms with Gasteiger partial charge in [0, 0.05) is 16.5 Å². The maximum atomic E-state index is 6.31. The van der Waals surface area contributed by atoms with E-state index in [-0.39, 0.29) is 0 Å². The minimum Gasteiger partial charge on any atom is -0.376 e. The van der Waals surface area contributed by atoms with E-state index in [1.165, 1.54) is 32.5 Å². The molecule has 0 N–H and O–H groups in total. The zero-order chi connectivity index (χ0) is 20.2. The lowest BCUT2D eigenvalue weighted by Crippen LogP contribution is -2.13. The Labute approximate surface area is 184 Å². The molecule has 0 aliphatic carbocycles. The number of nitrogens with zero attached hydrogens (tertiary/aromatic N) is 1. The quantitative estimate of drug-likeness (QED) is 0.202. The van der Waals surface area contributed by atoms with Crippen molar-refractivity contribution in [3.8, 4) is 11.3 Å². The second kappa shape index (κ2) is 6.95. The maximum absolute atomic E-state index is 6.31. The van der Waals surface area contributed by atoms with E-state index in [0.717, 1.165) is 35.4 Å². The van der Waals surface area contributed by atoms with Crippen molar-refractivity contribution in [3.05, 3.63) is 87.9 Å². The average molecular weight is 430 g/mol. The third-order valence-corrected chi connectivity index (χ3v) is 6.72. The molecule has 5 aromatic rings. The van der Waals surface area contributed by atoms with Crippen molar-refractivity contribution in [2.45, 2.75) is 13.0 Å². The molecule has 0 saturated heterocycles. The maximum Gasteiger partial charge on any atom is 0.0768 e. The van der Waals surface area contributed by atoms with Gasteiger partial charge in [-0.2, -0.15) is 0 Å². The summed E-state index contributed by atoms with van der Waals surface area (Å²) in [6.45, 7) is 1.27. The van der Waals surface area contributed by atoms with E-state index in [4.69, 9.17) is 32.9 Å². The number of pyridine rings is 1. The van der Waals surface area contributed by atoms with Gasteiger partial charge in [-0.1, -0.05) is 59.6 Å². The fourth-order valence-electron chi connectivity index (χ4n) is 4.56. The predicted octanol–water partition coefficient (Wildman–Crippen LogP) is 7.59. The number of hydrogen-bond donors (Lipinski definition) is 0. The van der Waals surface area contributed by atoms with Gasteiger partial charge in [0.15, 0.2) is 0 Å². The number of fused-ring (bicyclic) bond motifs is 6. The fraction of sp³-hybridized carbons (Fsp3) is 0.115. The summed E-state index contributed by atoms with van der Waals surface area (Å²) in [5.74, 6) is 0. The number of hydrogen-bond acceptors (Lipinski definition) is 2. The third kappa shape index (κ3) is 2.79. The Balaban J connectivity index is 1.72. The van der Waals surface area contributed by atoms with Crippen molar-refractivity contribution in [2.24, 2.45) is 0 Å². The molecule has 0 spiro atoms. The van der Waals surface area contributed by atoms with E-state index in [2.05, 4.69) is 48.5 Å². The van der Waals surface area contributed by atoms with Crippen LogP contribution >= 0.6 is 23.2 Å². The van der Waals surface area contributed by atoms with E-state index in [0.29, 0.717) is 16.7 Å². The highest BCUT2D eigenvalue weighted by Crippen LogP contribution is 2.39. The van der Waals surface area contributed by atoms with Crippen molar-refractivity contribution >= 4 is 55.6 Å². The molecule has 2 heterocycles. The largest absolute Gasteiger partial charge is 0.376 e. The molecular weight excluding hydrogens is 413 g/mol. The van der Waals surface area contributed by atoms with Crippen LogP contribution in [0.3, 0.4) is 0 Å². The summed E-state index contributed by atoms with van der Waals surface area (Å²) in [6.07, 6.45) is 0.870. The van der Waals surface area contributed by atoms with Gasteiger partial charge in [0.2, 0.25) is 0 Å². The first-order valence-corrected chi connectivity index (χ1v) is 10.7. The summed E-state index contributed by atoms with van der Waals surface area (Å²) < 4.78 is 5.84. The number of ether oxygens (including phenoxy) is 1. The molecule has 0 fully saturated rings. The molecule has 0 atom stereocenters. The van der Waals surface area contributed by atoms with Crippen LogP contribution in [0.15, 0.2) is 66.7 Å². The van der Waals surface area contributed by atoms with Crippen LogP contribution in [-0.2, 0) is 17.8 Å². The number of aromatic nitrogens is 1. The Kier molecular flexibility index (Phi) is 4.21. The molecule has 0 radical (unpaired) electrons. The van der Waals surface area contributed by atoms with Crippen LogP contribution in [0.25, 0.3) is 43.7 Å². The summed E-state index contributed by atoms with van der Waals surface area (Å²) in [5, 5.41) is 7.29. The second-order valence-electron chi connectivity index (χ2n) is 7.73. The monoisotopic (exact) mass is 429 g/mol. The number of benzene rings is 4. The summed E-state index contributed by atoms with van der Waals surface area (Å²) >= 11 is 12.5. The topological polar surface area (TPSA) is 22.1 Å². The predicted molar refractivity (Wildman–Crippen MR) is 126 cm³/mol. The first kappa shape index (κ1) is 18.1. The van der Waals surface area contributed by atoms with Crippen LogP contribution in [0.5, 0.6) is 0 Å². The van der Waals surface area contributed by atoms with E-state index in [9.17, 15) is 0 Å². The lowest BCUT2D eigenvalue weighted by molar-refractivity contribution is 0.111. The number of halogens is 2. The molecule has 1 aliphatic rings. The molecular formula is C26H17Cl2NO. The molecule has 2 nitrogen and oxygen atoms in total. The molecule has 4 aromatic carbocycles. The van der Waals surface area contributed by atoms with Crippen LogP contribution in [0.2, 0.25) is 10.0 Å². The second-order valence-corrected chi connectivity index (χ2v) is 8.54. The van der Waals surface area contributed by atoms with Crippen LogP contribution in [0, 0.1) is 0 Å². The Morgan fingerprint density at radius 2 is 1.60 bits per heavy atom. The van der Waals surface area contributed by atoms with E-state index < -0.39 is 0 Å². The van der Waals surface area contributed by atoms with Gasteiger partial charge in [-0.3, -0.25) is 0 Å². The van der Waals surface area contributed by atoms with Crippen LogP contribution < -0.4 is 0 Å². The Bertz CT molecular complexity index is 1480. The lowest BCUT2D eigenvalue weighted by Gasteiger charge is -2.23. The zero-order valence-corrected chi connectivity index (χ0v) is 17.6. The minimum absolute atomic E-state index is 0.534. The smallest absolute Gasteiger partial charge is 0.0768 e. The molecule has 1 aromatic heterocycles. The summed E-state index contributed by atoms with van der Waals surface area (Å²) in [5.41, 5.74) is 5.36. The molecule has 6 rings (SSSR count). The Hall–Kier alpha value is -2.65. The first-order valence-electron chi connectivity index (χ1n) is 9.99. The summed E-state index contributed by atoms with van der Waals surface area (Å²) in [7, 11) is 0. The Morgan fingerprint density at radius 3 is 2.43 bits per heavy atom. The van der Waals surface area contributed by atoms with Crippen LogP contribution in [0.1, 0.15) is 11.1 Å². The standard InChI is InChI=1S/C26H17Cl2NO/c27-22-7-5-18(13-23(22)28)26-21-14-30-10-9-19(21)25-20-12-16-4-2-1-3-15(16)11-17(20)6-8-24(25)29-26/h1-8,11-13H,9-10,14H2. The zero-order valence-electron chi connectivity index (χ0n) is 16.1. The lowest BCUT2D eigenvalue weighted by atomic mass is 9.90. The van der Waals surface area contributed by atoms with Gasteiger partial charge >= 0.3 is 0 Å². The first-order chi connectivity index (χ1) is 14.7. The third-order valence-electron chi connectivity index (χ3n) is 5.98. The highest BCUT2D eigenvalue weighted by atomic mass is 35.5. The van der Waals surface area contributed by atoms with E-state index >= 15 is 0 Å². The highest BCUT2D eigenvalue weighted by Gasteiger charge is 2.21.